The molecular formula is C18H15N3O2. The number of carboxylic acids is 1. The highest BCUT2D eigenvalue weighted by atomic mass is 16.4. The normalized spacial score (nSPS) is 10.4. The van der Waals surface area contributed by atoms with E-state index in [0.717, 1.165) is 5.56 Å². The van der Waals surface area contributed by atoms with Crippen LogP contribution >= 0.6 is 0 Å². The van der Waals surface area contributed by atoms with E-state index < -0.39 is 5.97 Å². The van der Waals surface area contributed by atoms with E-state index in [1.54, 1.807) is 12.1 Å². The van der Waals surface area contributed by atoms with Crippen LogP contribution in [0.3, 0.4) is 0 Å². The summed E-state index contributed by atoms with van der Waals surface area (Å²) < 4.78 is 0. The highest BCUT2D eigenvalue weighted by Gasteiger charge is 2.19. The summed E-state index contributed by atoms with van der Waals surface area (Å²) >= 11 is 0. The van der Waals surface area contributed by atoms with Crippen molar-refractivity contribution in [1.82, 2.24) is 9.97 Å². The van der Waals surface area contributed by atoms with Crippen molar-refractivity contribution in [2.75, 3.05) is 5.73 Å². The molecule has 0 bridgehead atoms. The van der Waals surface area contributed by atoms with Crippen LogP contribution in [0.15, 0.2) is 60.7 Å². The van der Waals surface area contributed by atoms with Crippen LogP contribution in [0.4, 0.5) is 5.82 Å². The molecule has 3 aromatic rings. The van der Waals surface area contributed by atoms with E-state index in [2.05, 4.69) is 9.97 Å². The lowest BCUT2D eigenvalue weighted by Gasteiger charge is -2.11. The smallest absolute Gasteiger partial charge is 0.355 e. The number of aromatic carboxylic acids is 1. The molecule has 1 heterocycles. The first kappa shape index (κ1) is 14.7. The Hall–Kier alpha value is -3.21. The summed E-state index contributed by atoms with van der Waals surface area (Å²) in [5.41, 5.74) is 8.00. The molecule has 0 spiro atoms. The summed E-state index contributed by atoms with van der Waals surface area (Å²) in [5, 5.41) is 9.50. The Morgan fingerprint density at radius 2 is 1.57 bits per heavy atom. The predicted molar refractivity (Wildman–Crippen MR) is 88.1 cm³/mol. The molecule has 5 heteroatoms. The summed E-state index contributed by atoms with van der Waals surface area (Å²) in [4.78, 5) is 20.1. The zero-order valence-electron chi connectivity index (χ0n) is 12.3. The molecule has 0 aliphatic heterocycles. The van der Waals surface area contributed by atoms with E-state index in [-0.39, 0.29) is 11.5 Å². The van der Waals surface area contributed by atoms with Gasteiger partial charge in [0.15, 0.2) is 5.69 Å². The third-order valence-corrected chi connectivity index (χ3v) is 3.45. The lowest BCUT2D eigenvalue weighted by atomic mass is 10.0. The Morgan fingerprint density at radius 1 is 0.957 bits per heavy atom. The van der Waals surface area contributed by atoms with Crippen LogP contribution in [-0.4, -0.2) is 21.0 Å². The number of nitrogens with zero attached hydrogens (tertiary/aromatic N) is 2. The number of nitrogen functional groups attached to an aromatic ring is 1. The maximum atomic E-state index is 11.6. The molecule has 0 saturated carbocycles. The Bertz CT molecular complexity index is 834. The van der Waals surface area contributed by atoms with Crippen LogP contribution in [0.1, 0.15) is 21.9 Å². The van der Waals surface area contributed by atoms with Gasteiger partial charge in [-0.1, -0.05) is 60.7 Å². The number of carboxylic acid groups (broad SMARTS) is 1. The van der Waals surface area contributed by atoms with Crippen LogP contribution < -0.4 is 5.73 Å². The lowest BCUT2D eigenvalue weighted by Crippen LogP contribution is -2.11. The van der Waals surface area contributed by atoms with Crippen molar-refractivity contribution in [3.05, 3.63) is 77.7 Å². The minimum absolute atomic E-state index is 0.0744. The monoisotopic (exact) mass is 305 g/mol. The third kappa shape index (κ3) is 3.18. The van der Waals surface area contributed by atoms with Crippen molar-refractivity contribution in [1.29, 1.82) is 0 Å². The largest absolute Gasteiger partial charge is 0.476 e. The second kappa shape index (κ2) is 6.27. The molecule has 0 fully saturated rings. The molecule has 0 amide bonds. The average Bonchev–Trinajstić information content (AvgIpc) is 2.56. The number of anilines is 1. The molecule has 0 saturated heterocycles. The Labute approximate surface area is 133 Å². The fourth-order valence-corrected chi connectivity index (χ4v) is 2.43. The van der Waals surface area contributed by atoms with Crippen molar-refractivity contribution in [2.45, 2.75) is 6.42 Å². The maximum Gasteiger partial charge on any atom is 0.355 e. The van der Waals surface area contributed by atoms with E-state index >= 15 is 0 Å². The van der Waals surface area contributed by atoms with Crippen molar-refractivity contribution in [3.8, 4) is 11.1 Å². The molecule has 5 nitrogen and oxygen atoms in total. The van der Waals surface area contributed by atoms with Crippen LogP contribution in [0.2, 0.25) is 0 Å². The van der Waals surface area contributed by atoms with E-state index in [0.29, 0.717) is 23.4 Å². The fourth-order valence-electron chi connectivity index (χ4n) is 2.43. The number of hydrogen-bond acceptors (Lipinski definition) is 4. The van der Waals surface area contributed by atoms with Gasteiger partial charge in [-0.05, 0) is 11.1 Å². The zero-order valence-corrected chi connectivity index (χ0v) is 12.3. The summed E-state index contributed by atoms with van der Waals surface area (Å²) in [6, 6.07) is 18.7. The van der Waals surface area contributed by atoms with Crippen molar-refractivity contribution >= 4 is 11.8 Å². The maximum absolute atomic E-state index is 11.6. The third-order valence-electron chi connectivity index (χ3n) is 3.45. The van der Waals surface area contributed by atoms with Gasteiger partial charge >= 0.3 is 5.97 Å². The first-order chi connectivity index (χ1) is 11.1. The Kier molecular flexibility index (Phi) is 4.01. The van der Waals surface area contributed by atoms with E-state index in [1.165, 1.54) is 0 Å². The van der Waals surface area contributed by atoms with Crippen molar-refractivity contribution in [2.24, 2.45) is 0 Å². The quantitative estimate of drug-likeness (QED) is 0.773. The lowest BCUT2D eigenvalue weighted by molar-refractivity contribution is 0.0691. The number of rotatable bonds is 4. The minimum Gasteiger partial charge on any atom is -0.476 e. The van der Waals surface area contributed by atoms with Crippen molar-refractivity contribution < 1.29 is 9.90 Å². The van der Waals surface area contributed by atoms with E-state index in [4.69, 9.17) is 5.73 Å². The van der Waals surface area contributed by atoms with Crippen LogP contribution in [0.5, 0.6) is 0 Å². The van der Waals surface area contributed by atoms with Gasteiger partial charge in [0.05, 0.1) is 5.56 Å². The molecule has 0 unspecified atom stereocenters. The van der Waals surface area contributed by atoms with Crippen LogP contribution in [0, 0.1) is 0 Å². The number of aromatic nitrogens is 2. The van der Waals surface area contributed by atoms with Crippen LogP contribution in [0.25, 0.3) is 11.1 Å². The molecule has 0 aliphatic carbocycles. The van der Waals surface area contributed by atoms with Gasteiger partial charge in [-0.25, -0.2) is 14.8 Å². The SMILES string of the molecule is Nc1nc(Cc2ccccc2)nc(C(=O)O)c1-c1ccccc1. The number of benzene rings is 2. The van der Waals surface area contributed by atoms with Gasteiger partial charge in [-0.15, -0.1) is 0 Å². The average molecular weight is 305 g/mol. The fraction of sp³-hybridized carbons (Fsp3) is 0.0556. The molecule has 2 aromatic carbocycles. The van der Waals surface area contributed by atoms with Gasteiger partial charge < -0.3 is 10.8 Å². The zero-order chi connectivity index (χ0) is 16.2. The van der Waals surface area contributed by atoms with E-state index in [1.807, 2.05) is 48.5 Å². The first-order valence-corrected chi connectivity index (χ1v) is 7.14. The predicted octanol–water partition coefficient (Wildman–Crippen LogP) is 3.01. The summed E-state index contributed by atoms with van der Waals surface area (Å²) in [7, 11) is 0. The van der Waals surface area contributed by atoms with Gasteiger partial charge in [0.2, 0.25) is 0 Å². The summed E-state index contributed by atoms with van der Waals surface area (Å²) in [5.74, 6) is -0.549. The molecular weight excluding hydrogens is 290 g/mol. The number of carbonyl (C=O) groups is 1. The van der Waals surface area contributed by atoms with Gasteiger partial charge in [-0.2, -0.15) is 0 Å². The number of hydrogen-bond donors (Lipinski definition) is 2. The molecule has 23 heavy (non-hydrogen) atoms. The van der Waals surface area contributed by atoms with Crippen molar-refractivity contribution in [3.63, 3.8) is 0 Å². The molecule has 0 radical (unpaired) electrons. The second-order valence-electron chi connectivity index (χ2n) is 5.08. The Morgan fingerprint density at radius 3 is 2.17 bits per heavy atom. The van der Waals surface area contributed by atoms with Crippen LogP contribution in [-0.2, 0) is 6.42 Å². The van der Waals surface area contributed by atoms with Gasteiger partial charge in [0.25, 0.3) is 0 Å². The molecule has 114 valence electrons. The van der Waals surface area contributed by atoms with Gasteiger partial charge in [-0.3, -0.25) is 0 Å². The van der Waals surface area contributed by atoms with Gasteiger partial charge in [0, 0.05) is 6.42 Å². The number of nitrogens with two attached hydrogens (primary N) is 1. The highest BCUT2D eigenvalue weighted by molar-refractivity contribution is 5.97. The topological polar surface area (TPSA) is 89.1 Å². The molecule has 1 aromatic heterocycles. The standard InChI is InChI=1S/C18H15N3O2/c19-17-15(13-9-5-2-6-10-13)16(18(22)23)20-14(21-17)11-12-7-3-1-4-8-12/h1-10H,11H2,(H,22,23)(H2,19,20,21). The summed E-state index contributed by atoms with van der Waals surface area (Å²) in [6.45, 7) is 0. The highest BCUT2D eigenvalue weighted by Crippen LogP contribution is 2.28. The molecule has 3 N–H and O–H groups in total. The second-order valence-corrected chi connectivity index (χ2v) is 5.08. The summed E-state index contributed by atoms with van der Waals surface area (Å²) in [6.07, 6.45) is 0.431. The molecule has 0 atom stereocenters. The van der Waals surface area contributed by atoms with Gasteiger partial charge in [0.1, 0.15) is 11.6 Å². The minimum atomic E-state index is -1.12. The Balaban J connectivity index is 2.08. The first-order valence-electron chi connectivity index (χ1n) is 7.14. The molecule has 3 rings (SSSR count). The van der Waals surface area contributed by atoms with E-state index in [9.17, 15) is 9.90 Å². The molecule has 0 aliphatic rings.